The number of aromatic nitrogens is 1. The highest BCUT2D eigenvalue weighted by Crippen LogP contribution is 2.32. The third-order valence-electron chi connectivity index (χ3n) is 3.01. The minimum absolute atomic E-state index is 0.280. The zero-order chi connectivity index (χ0) is 13.1. The van der Waals surface area contributed by atoms with Crippen molar-refractivity contribution < 1.29 is 4.79 Å². The van der Waals surface area contributed by atoms with E-state index in [0.717, 1.165) is 18.5 Å². The second-order valence-electron chi connectivity index (χ2n) is 4.71. The number of nitriles is 1. The van der Waals surface area contributed by atoms with E-state index in [-0.39, 0.29) is 11.9 Å². The lowest BCUT2D eigenvalue weighted by Gasteiger charge is -2.14. The van der Waals surface area contributed by atoms with Crippen LogP contribution in [0.15, 0.2) is 18.3 Å². The fraction of sp³-hybridized carbons (Fsp3) is 0.462. The van der Waals surface area contributed by atoms with Gasteiger partial charge in [0.15, 0.2) is 0 Å². The van der Waals surface area contributed by atoms with Crippen molar-refractivity contribution >= 4 is 11.6 Å². The van der Waals surface area contributed by atoms with Crippen LogP contribution in [0.5, 0.6) is 0 Å². The summed E-state index contributed by atoms with van der Waals surface area (Å²) in [5, 5.41) is 11.7. The summed E-state index contributed by atoms with van der Waals surface area (Å²) in [5.74, 6) is 0.0353. The summed E-state index contributed by atoms with van der Waals surface area (Å²) in [4.78, 5) is 17.9. The van der Waals surface area contributed by atoms with Gasteiger partial charge in [-0.1, -0.05) is 0 Å². The highest BCUT2D eigenvalue weighted by Gasteiger charge is 2.32. The number of hydrogen-bond acceptors (Lipinski definition) is 4. The standard InChI is InChI=1S/C13H16N4O/c1-17(2)10-5-6-15-11(7-10)13(18)16-12(8-14)9-3-4-9/h5-7,9,12H,3-4H2,1-2H3,(H,16,18)/t12-/m0/s1. The molecule has 1 aromatic heterocycles. The average molecular weight is 244 g/mol. The van der Waals surface area contributed by atoms with Crippen LogP contribution >= 0.6 is 0 Å². The maximum absolute atomic E-state index is 12.0. The molecular weight excluding hydrogens is 228 g/mol. The van der Waals surface area contributed by atoms with Crippen LogP contribution < -0.4 is 10.2 Å². The number of pyridine rings is 1. The molecule has 1 heterocycles. The molecule has 18 heavy (non-hydrogen) atoms. The summed E-state index contributed by atoms with van der Waals surface area (Å²) < 4.78 is 0. The molecular formula is C13H16N4O. The van der Waals surface area contributed by atoms with Crippen LogP contribution in [0.4, 0.5) is 5.69 Å². The molecule has 1 aliphatic carbocycles. The first-order valence-corrected chi connectivity index (χ1v) is 5.95. The number of rotatable bonds is 4. The Bertz CT molecular complexity index is 488. The Balaban J connectivity index is 2.08. The van der Waals surface area contributed by atoms with Crippen molar-refractivity contribution in [3.8, 4) is 6.07 Å². The molecule has 1 aliphatic rings. The minimum atomic E-state index is -0.387. The molecule has 0 spiro atoms. The smallest absolute Gasteiger partial charge is 0.270 e. The Hall–Kier alpha value is -2.09. The molecule has 1 N–H and O–H groups in total. The third-order valence-corrected chi connectivity index (χ3v) is 3.01. The zero-order valence-corrected chi connectivity index (χ0v) is 10.6. The van der Waals surface area contributed by atoms with Crippen LogP contribution in [0.25, 0.3) is 0 Å². The summed E-state index contributed by atoms with van der Waals surface area (Å²) in [6.07, 6.45) is 3.64. The van der Waals surface area contributed by atoms with Gasteiger partial charge in [-0.15, -0.1) is 0 Å². The summed E-state index contributed by atoms with van der Waals surface area (Å²) in [6.45, 7) is 0. The topological polar surface area (TPSA) is 69.0 Å². The first kappa shape index (κ1) is 12.4. The molecule has 5 heteroatoms. The van der Waals surface area contributed by atoms with E-state index < -0.39 is 0 Å². The Labute approximate surface area is 106 Å². The van der Waals surface area contributed by atoms with E-state index in [9.17, 15) is 4.79 Å². The molecule has 0 aromatic carbocycles. The number of hydrogen-bond donors (Lipinski definition) is 1. The van der Waals surface area contributed by atoms with E-state index in [1.54, 1.807) is 12.3 Å². The Morgan fingerprint density at radius 3 is 2.89 bits per heavy atom. The summed E-state index contributed by atoms with van der Waals surface area (Å²) in [5.41, 5.74) is 1.26. The van der Waals surface area contributed by atoms with E-state index in [1.165, 1.54) is 0 Å². The van der Waals surface area contributed by atoms with Crippen LogP contribution in [0.2, 0.25) is 0 Å². The second-order valence-corrected chi connectivity index (χ2v) is 4.71. The van der Waals surface area contributed by atoms with Crippen molar-refractivity contribution in [3.63, 3.8) is 0 Å². The van der Waals surface area contributed by atoms with Gasteiger partial charge in [0.05, 0.1) is 6.07 Å². The van der Waals surface area contributed by atoms with Crippen molar-refractivity contribution in [1.29, 1.82) is 5.26 Å². The van der Waals surface area contributed by atoms with Crippen LogP contribution in [-0.4, -0.2) is 31.0 Å². The Kier molecular flexibility index (Phi) is 3.47. The van der Waals surface area contributed by atoms with Crippen LogP contribution in [0, 0.1) is 17.2 Å². The lowest BCUT2D eigenvalue weighted by Crippen LogP contribution is -2.35. The highest BCUT2D eigenvalue weighted by atomic mass is 16.1. The minimum Gasteiger partial charge on any atom is -0.378 e. The molecule has 1 amide bonds. The van der Waals surface area contributed by atoms with Crippen molar-refractivity contribution in [2.24, 2.45) is 5.92 Å². The molecule has 0 aliphatic heterocycles. The largest absolute Gasteiger partial charge is 0.378 e. The van der Waals surface area contributed by atoms with E-state index >= 15 is 0 Å². The molecule has 0 radical (unpaired) electrons. The first-order valence-electron chi connectivity index (χ1n) is 5.95. The number of nitrogens with zero attached hydrogens (tertiary/aromatic N) is 3. The van der Waals surface area contributed by atoms with Crippen molar-refractivity contribution in [3.05, 3.63) is 24.0 Å². The fourth-order valence-electron chi connectivity index (χ4n) is 1.72. The number of nitrogens with one attached hydrogen (secondary N) is 1. The Morgan fingerprint density at radius 2 is 2.33 bits per heavy atom. The number of amides is 1. The predicted octanol–water partition coefficient (Wildman–Crippen LogP) is 1.18. The van der Waals surface area contributed by atoms with Gasteiger partial charge in [0.25, 0.3) is 5.91 Å². The maximum Gasteiger partial charge on any atom is 0.270 e. The lowest BCUT2D eigenvalue weighted by molar-refractivity contribution is 0.0937. The fourth-order valence-corrected chi connectivity index (χ4v) is 1.72. The normalized spacial score (nSPS) is 15.6. The van der Waals surface area contributed by atoms with Crippen molar-refractivity contribution in [1.82, 2.24) is 10.3 Å². The van der Waals surface area contributed by atoms with Crippen molar-refractivity contribution in [2.45, 2.75) is 18.9 Å². The van der Waals surface area contributed by atoms with Gasteiger partial charge in [-0.3, -0.25) is 9.78 Å². The third kappa shape index (κ3) is 2.77. The van der Waals surface area contributed by atoms with Gasteiger partial charge in [0, 0.05) is 26.0 Å². The molecule has 1 fully saturated rings. The highest BCUT2D eigenvalue weighted by molar-refractivity contribution is 5.93. The number of anilines is 1. The van der Waals surface area contributed by atoms with E-state index in [1.807, 2.05) is 25.1 Å². The Morgan fingerprint density at radius 1 is 1.61 bits per heavy atom. The van der Waals surface area contributed by atoms with E-state index in [0.29, 0.717) is 11.6 Å². The molecule has 1 saturated carbocycles. The monoisotopic (exact) mass is 244 g/mol. The van der Waals surface area contributed by atoms with Gasteiger partial charge < -0.3 is 10.2 Å². The number of carbonyl (C=O) groups is 1. The summed E-state index contributed by atoms with van der Waals surface area (Å²) >= 11 is 0. The van der Waals surface area contributed by atoms with E-state index in [2.05, 4.69) is 16.4 Å². The predicted molar refractivity (Wildman–Crippen MR) is 68.2 cm³/mol. The average Bonchev–Trinajstić information content (AvgIpc) is 3.20. The van der Waals surface area contributed by atoms with Gasteiger partial charge in [-0.05, 0) is 30.9 Å². The van der Waals surface area contributed by atoms with Crippen LogP contribution in [0.1, 0.15) is 23.3 Å². The first-order chi connectivity index (χ1) is 8.61. The van der Waals surface area contributed by atoms with Crippen molar-refractivity contribution in [2.75, 3.05) is 19.0 Å². The molecule has 0 unspecified atom stereocenters. The van der Waals surface area contributed by atoms with Gasteiger partial charge in [0.2, 0.25) is 0 Å². The molecule has 0 bridgehead atoms. The summed E-state index contributed by atoms with van der Waals surface area (Å²) in [6, 6.07) is 5.30. The number of carbonyl (C=O) groups excluding carboxylic acids is 1. The molecule has 2 rings (SSSR count). The summed E-state index contributed by atoms with van der Waals surface area (Å²) in [7, 11) is 3.80. The molecule has 5 nitrogen and oxygen atoms in total. The van der Waals surface area contributed by atoms with Crippen LogP contribution in [-0.2, 0) is 0 Å². The molecule has 94 valence electrons. The maximum atomic E-state index is 12.0. The molecule has 0 saturated heterocycles. The second kappa shape index (κ2) is 5.05. The SMILES string of the molecule is CN(C)c1ccnc(C(=O)N[C@@H](C#N)C2CC2)c1. The quantitative estimate of drug-likeness (QED) is 0.863. The molecule has 1 aromatic rings. The zero-order valence-electron chi connectivity index (χ0n) is 10.6. The lowest BCUT2D eigenvalue weighted by atomic mass is 10.2. The van der Waals surface area contributed by atoms with Gasteiger partial charge in [0.1, 0.15) is 11.7 Å². The van der Waals surface area contributed by atoms with Gasteiger partial charge >= 0.3 is 0 Å². The molecule has 1 atom stereocenters. The van der Waals surface area contributed by atoms with Crippen LogP contribution in [0.3, 0.4) is 0 Å². The van der Waals surface area contributed by atoms with Gasteiger partial charge in [-0.25, -0.2) is 0 Å². The van der Waals surface area contributed by atoms with E-state index in [4.69, 9.17) is 5.26 Å². The van der Waals surface area contributed by atoms with Gasteiger partial charge in [-0.2, -0.15) is 5.26 Å².